The Morgan fingerprint density at radius 3 is 2.63 bits per heavy atom. The fraction of sp³-hybridized carbons (Fsp3) is 0.474. The van der Waals surface area contributed by atoms with Crippen LogP contribution in [0.4, 0.5) is 11.6 Å². The third kappa shape index (κ3) is 3.71. The molecule has 8 nitrogen and oxygen atoms in total. The first kappa shape index (κ1) is 17.7. The van der Waals surface area contributed by atoms with E-state index in [0.717, 1.165) is 50.4 Å². The Hall–Kier alpha value is -2.74. The van der Waals surface area contributed by atoms with E-state index in [4.69, 9.17) is 0 Å². The first-order valence-electron chi connectivity index (χ1n) is 9.45. The lowest BCUT2D eigenvalue weighted by Crippen LogP contribution is -2.27. The van der Waals surface area contributed by atoms with Crippen molar-refractivity contribution in [1.82, 2.24) is 20.1 Å². The maximum absolute atomic E-state index is 12.6. The number of nitrogens with one attached hydrogen (secondary N) is 2. The minimum atomic E-state index is -0.235. The van der Waals surface area contributed by atoms with Crippen LogP contribution < -0.4 is 15.5 Å². The summed E-state index contributed by atoms with van der Waals surface area (Å²) in [6.45, 7) is 2.68. The van der Waals surface area contributed by atoms with Gasteiger partial charge in [0.05, 0.1) is 0 Å². The standard InChI is InChI=1S/C19H24N6O2/c1-24-19(21-17(23-24)13-8-10-20-11-9-13)22-18(27)14-4-6-15(7-5-14)25-12-2-3-16(25)26/h4-7,13,20H,2-3,8-12H2,1H3,(H,21,22,23,27). The van der Waals surface area contributed by atoms with Crippen LogP contribution in [0, 0.1) is 0 Å². The summed E-state index contributed by atoms with van der Waals surface area (Å²) in [5.74, 6) is 1.48. The molecule has 0 atom stereocenters. The smallest absolute Gasteiger partial charge is 0.258 e. The van der Waals surface area contributed by atoms with Crippen LogP contribution in [0.25, 0.3) is 0 Å². The molecule has 0 radical (unpaired) electrons. The summed E-state index contributed by atoms with van der Waals surface area (Å²) in [6, 6.07) is 7.10. The molecular weight excluding hydrogens is 344 g/mol. The highest BCUT2D eigenvalue weighted by molar-refractivity contribution is 6.04. The van der Waals surface area contributed by atoms with Crippen LogP contribution in [-0.2, 0) is 11.8 Å². The van der Waals surface area contributed by atoms with Gasteiger partial charge >= 0.3 is 0 Å². The van der Waals surface area contributed by atoms with Gasteiger partial charge in [0.1, 0.15) is 0 Å². The van der Waals surface area contributed by atoms with Gasteiger partial charge in [-0.3, -0.25) is 14.9 Å². The minimum Gasteiger partial charge on any atom is -0.317 e. The second-order valence-corrected chi connectivity index (χ2v) is 7.09. The molecule has 0 saturated carbocycles. The lowest BCUT2D eigenvalue weighted by molar-refractivity contribution is -0.117. The molecule has 8 heteroatoms. The molecule has 0 unspecified atom stereocenters. The molecule has 2 N–H and O–H groups in total. The normalized spacial score (nSPS) is 18.1. The van der Waals surface area contributed by atoms with Crippen LogP contribution >= 0.6 is 0 Å². The van der Waals surface area contributed by atoms with Gasteiger partial charge in [0.15, 0.2) is 5.82 Å². The van der Waals surface area contributed by atoms with Crippen molar-refractivity contribution in [3.63, 3.8) is 0 Å². The third-order valence-electron chi connectivity index (χ3n) is 5.22. The Kier molecular flexibility index (Phi) is 4.89. The van der Waals surface area contributed by atoms with Crippen LogP contribution in [0.15, 0.2) is 24.3 Å². The molecule has 2 amide bonds. The SMILES string of the molecule is Cn1nc(C2CCNCC2)nc1NC(=O)c1ccc(N2CCCC2=O)cc1. The van der Waals surface area contributed by atoms with E-state index < -0.39 is 0 Å². The van der Waals surface area contributed by atoms with Gasteiger partial charge in [0.25, 0.3) is 5.91 Å². The highest BCUT2D eigenvalue weighted by Gasteiger charge is 2.23. The van der Waals surface area contributed by atoms with Crippen molar-refractivity contribution in [2.45, 2.75) is 31.6 Å². The largest absolute Gasteiger partial charge is 0.317 e. The number of carbonyl (C=O) groups is 2. The van der Waals surface area contributed by atoms with Gasteiger partial charge < -0.3 is 10.2 Å². The van der Waals surface area contributed by atoms with Crippen LogP contribution in [-0.4, -0.2) is 46.2 Å². The molecule has 2 aromatic rings. The first-order valence-corrected chi connectivity index (χ1v) is 9.45. The second kappa shape index (κ2) is 7.48. The first-order chi connectivity index (χ1) is 13.1. The Balaban J connectivity index is 1.44. The third-order valence-corrected chi connectivity index (χ3v) is 5.22. The number of benzene rings is 1. The number of rotatable bonds is 4. The molecule has 2 fully saturated rings. The van der Waals surface area contributed by atoms with E-state index in [1.807, 2.05) is 12.1 Å². The summed E-state index contributed by atoms with van der Waals surface area (Å²) < 4.78 is 1.62. The zero-order valence-corrected chi connectivity index (χ0v) is 15.4. The second-order valence-electron chi connectivity index (χ2n) is 7.09. The van der Waals surface area contributed by atoms with Gasteiger partial charge in [-0.25, -0.2) is 4.68 Å². The van der Waals surface area contributed by atoms with E-state index in [-0.39, 0.29) is 11.8 Å². The lowest BCUT2D eigenvalue weighted by Gasteiger charge is -2.19. The van der Waals surface area contributed by atoms with Crippen LogP contribution in [0.1, 0.15) is 47.8 Å². The Bertz CT molecular complexity index is 838. The van der Waals surface area contributed by atoms with Crippen molar-refractivity contribution >= 4 is 23.5 Å². The van der Waals surface area contributed by atoms with Crippen LogP contribution in [0.2, 0.25) is 0 Å². The summed E-state index contributed by atoms with van der Waals surface area (Å²) in [5, 5.41) is 10.6. The molecule has 1 aromatic heterocycles. The molecule has 27 heavy (non-hydrogen) atoms. The predicted octanol–water partition coefficient (Wildman–Crippen LogP) is 1.66. The van der Waals surface area contributed by atoms with E-state index in [0.29, 0.717) is 23.9 Å². The monoisotopic (exact) mass is 368 g/mol. The average Bonchev–Trinajstić information content (AvgIpc) is 3.28. The molecule has 2 saturated heterocycles. The van der Waals surface area contributed by atoms with Crippen molar-refractivity contribution in [3.8, 4) is 0 Å². The fourth-order valence-corrected chi connectivity index (χ4v) is 3.65. The summed E-state index contributed by atoms with van der Waals surface area (Å²) >= 11 is 0. The number of aryl methyl sites for hydroxylation is 1. The van der Waals surface area contributed by atoms with E-state index in [1.165, 1.54) is 0 Å². The Labute approximate surface area is 158 Å². The molecular formula is C19H24N6O2. The number of hydrogen-bond donors (Lipinski definition) is 2. The zero-order chi connectivity index (χ0) is 18.8. The number of hydrogen-bond acceptors (Lipinski definition) is 5. The number of carbonyl (C=O) groups excluding carboxylic acids is 2. The van der Waals surface area contributed by atoms with Gasteiger partial charge in [-0.05, 0) is 56.6 Å². The van der Waals surface area contributed by atoms with Crippen molar-refractivity contribution in [3.05, 3.63) is 35.7 Å². The van der Waals surface area contributed by atoms with Gasteiger partial charge in [0.2, 0.25) is 11.9 Å². The summed E-state index contributed by atoms with van der Waals surface area (Å²) in [6.07, 6.45) is 3.49. The molecule has 2 aliphatic heterocycles. The number of amides is 2. The highest BCUT2D eigenvalue weighted by atomic mass is 16.2. The molecule has 142 valence electrons. The van der Waals surface area contributed by atoms with E-state index >= 15 is 0 Å². The number of anilines is 2. The molecule has 0 bridgehead atoms. The van der Waals surface area contributed by atoms with Crippen molar-refractivity contribution < 1.29 is 9.59 Å². The van der Waals surface area contributed by atoms with E-state index in [2.05, 4.69) is 20.7 Å². The molecule has 3 heterocycles. The van der Waals surface area contributed by atoms with Crippen molar-refractivity contribution in [2.75, 3.05) is 29.9 Å². The maximum Gasteiger partial charge on any atom is 0.258 e. The Morgan fingerprint density at radius 2 is 1.96 bits per heavy atom. The topological polar surface area (TPSA) is 92.2 Å². The molecule has 2 aliphatic rings. The van der Waals surface area contributed by atoms with Crippen LogP contribution in [0.5, 0.6) is 0 Å². The predicted molar refractivity (Wildman–Crippen MR) is 102 cm³/mol. The van der Waals surface area contributed by atoms with E-state index in [1.54, 1.807) is 28.8 Å². The molecule has 0 aliphatic carbocycles. The lowest BCUT2D eigenvalue weighted by atomic mass is 9.98. The van der Waals surface area contributed by atoms with E-state index in [9.17, 15) is 9.59 Å². The summed E-state index contributed by atoms with van der Waals surface area (Å²) in [5.41, 5.74) is 1.36. The van der Waals surface area contributed by atoms with Gasteiger partial charge in [-0.15, -0.1) is 0 Å². The van der Waals surface area contributed by atoms with Crippen LogP contribution in [0.3, 0.4) is 0 Å². The minimum absolute atomic E-state index is 0.136. The Morgan fingerprint density at radius 1 is 1.22 bits per heavy atom. The summed E-state index contributed by atoms with van der Waals surface area (Å²) in [7, 11) is 1.79. The average molecular weight is 368 g/mol. The van der Waals surface area contributed by atoms with Gasteiger partial charge in [-0.1, -0.05) is 0 Å². The number of nitrogens with zero attached hydrogens (tertiary/aromatic N) is 4. The number of piperidine rings is 1. The molecule has 0 spiro atoms. The quantitative estimate of drug-likeness (QED) is 0.856. The van der Waals surface area contributed by atoms with Gasteiger partial charge in [0, 0.05) is 37.2 Å². The fourth-order valence-electron chi connectivity index (χ4n) is 3.65. The zero-order valence-electron chi connectivity index (χ0n) is 15.4. The highest BCUT2D eigenvalue weighted by Crippen LogP contribution is 2.24. The number of aromatic nitrogens is 3. The van der Waals surface area contributed by atoms with Crippen molar-refractivity contribution in [1.29, 1.82) is 0 Å². The molecule has 4 rings (SSSR count). The van der Waals surface area contributed by atoms with Crippen molar-refractivity contribution in [2.24, 2.45) is 7.05 Å². The molecule has 1 aromatic carbocycles. The maximum atomic E-state index is 12.6. The summed E-state index contributed by atoms with van der Waals surface area (Å²) in [4.78, 5) is 30.7. The van der Waals surface area contributed by atoms with Gasteiger partial charge in [-0.2, -0.15) is 10.1 Å².